The molecule has 0 amide bonds. The van der Waals surface area contributed by atoms with Crippen LogP contribution in [0, 0.1) is 18.0 Å². The Morgan fingerprint density at radius 2 is 2.15 bits per heavy atom. The third kappa shape index (κ3) is 1.30. The summed E-state index contributed by atoms with van der Waals surface area (Å²) in [6.45, 7) is 0. The molecule has 13 heavy (non-hydrogen) atoms. The lowest BCUT2D eigenvalue weighted by molar-refractivity contribution is 0.504. The van der Waals surface area contributed by atoms with E-state index in [0.717, 1.165) is 6.07 Å². The van der Waals surface area contributed by atoms with Gasteiger partial charge in [0.25, 0.3) is 0 Å². The van der Waals surface area contributed by atoms with Crippen molar-refractivity contribution in [3.05, 3.63) is 48.6 Å². The third-order valence-corrected chi connectivity index (χ3v) is 1.65. The summed E-state index contributed by atoms with van der Waals surface area (Å²) in [7, 11) is 0. The fraction of sp³-hybridized carbons (Fsp3) is 0. The molecule has 2 rings (SSSR count). The predicted molar refractivity (Wildman–Crippen MR) is 42.3 cm³/mol. The molecule has 1 aromatic heterocycles. The van der Waals surface area contributed by atoms with Crippen LogP contribution in [0.4, 0.5) is 8.78 Å². The fourth-order valence-corrected chi connectivity index (χ4v) is 1.04. The summed E-state index contributed by atoms with van der Waals surface area (Å²) < 4.78 is 27.2. The maximum atomic E-state index is 13.1. The van der Waals surface area contributed by atoms with Crippen LogP contribution in [0.25, 0.3) is 5.69 Å². The topological polar surface area (TPSA) is 17.8 Å². The molecule has 0 aliphatic carbocycles. The summed E-state index contributed by atoms with van der Waals surface area (Å²) in [5, 5.41) is 0. The van der Waals surface area contributed by atoms with Crippen molar-refractivity contribution in [1.29, 1.82) is 0 Å². The molecule has 0 N–H and O–H groups in total. The van der Waals surface area contributed by atoms with Gasteiger partial charge >= 0.3 is 0 Å². The Balaban J connectivity index is 2.59. The molecule has 0 saturated heterocycles. The molecule has 1 aromatic carbocycles. The summed E-state index contributed by atoms with van der Waals surface area (Å²) in [5.41, 5.74) is 0.109. The predicted octanol–water partition coefficient (Wildman–Crippen LogP) is 1.95. The summed E-state index contributed by atoms with van der Waals surface area (Å²) in [6, 6.07) is 3.95. The number of rotatable bonds is 1. The first-order valence-electron chi connectivity index (χ1n) is 3.64. The van der Waals surface area contributed by atoms with E-state index < -0.39 is 11.6 Å². The average Bonchev–Trinajstić information content (AvgIpc) is 2.62. The first kappa shape index (κ1) is 7.91. The molecule has 2 nitrogen and oxygen atoms in total. The smallest absolute Gasteiger partial charge is 0.182 e. The van der Waals surface area contributed by atoms with Gasteiger partial charge in [-0.25, -0.2) is 13.8 Å². The van der Waals surface area contributed by atoms with Crippen molar-refractivity contribution < 1.29 is 8.78 Å². The Labute approximate surface area is 73.5 Å². The van der Waals surface area contributed by atoms with Crippen molar-refractivity contribution in [3.63, 3.8) is 0 Å². The minimum absolute atomic E-state index is 0.109. The van der Waals surface area contributed by atoms with Gasteiger partial charge in [0.2, 0.25) is 0 Å². The Morgan fingerprint density at radius 3 is 2.85 bits per heavy atom. The number of imidazole rings is 1. The number of halogens is 2. The Morgan fingerprint density at radius 1 is 1.31 bits per heavy atom. The van der Waals surface area contributed by atoms with E-state index in [1.807, 2.05) is 0 Å². The quantitative estimate of drug-likeness (QED) is 0.654. The van der Waals surface area contributed by atoms with E-state index in [1.54, 1.807) is 0 Å². The number of hydrogen-bond donors (Lipinski definition) is 0. The zero-order chi connectivity index (χ0) is 9.26. The van der Waals surface area contributed by atoms with Crippen LogP contribution in [0.2, 0.25) is 0 Å². The van der Waals surface area contributed by atoms with E-state index in [1.165, 1.54) is 29.1 Å². The van der Waals surface area contributed by atoms with E-state index >= 15 is 0 Å². The van der Waals surface area contributed by atoms with Gasteiger partial charge in [0.05, 0.1) is 5.69 Å². The second-order valence-corrected chi connectivity index (χ2v) is 2.47. The Bertz CT molecular complexity index is 410. The largest absolute Gasteiger partial charge is 0.294 e. The average molecular weight is 179 g/mol. The molecule has 0 unspecified atom stereocenters. The van der Waals surface area contributed by atoms with Gasteiger partial charge in [0.15, 0.2) is 18.0 Å². The molecule has 1 heterocycles. The fourth-order valence-electron chi connectivity index (χ4n) is 1.04. The monoisotopic (exact) mass is 179 g/mol. The van der Waals surface area contributed by atoms with E-state index in [4.69, 9.17) is 0 Å². The van der Waals surface area contributed by atoms with Crippen LogP contribution in [0.3, 0.4) is 0 Å². The first-order chi connectivity index (χ1) is 6.29. The normalized spacial score (nSPS) is 10.3. The lowest BCUT2D eigenvalue weighted by Crippen LogP contribution is -1.97. The van der Waals surface area contributed by atoms with Crippen LogP contribution < -0.4 is 0 Å². The highest BCUT2D eigenvalue weighted by molar-refractivity contribution is 5.33. The van der Waals surface area contributed by atoms with Gasteiger partial charge in [0.1, 0.15) is 0 Å². The molecule has 0 aliphatic rings. The van der Waals surface area contributed by atoms with E-state index in [2.05, 4.69) is 11.3 Å². The lowest BCUT2D eigenvalue weighted by atomic mass is 10.3. The molecule has 2 aromatic rings. The number of nitrogens with zero attached hydrogens (tertiary/aromatic N) is 2. The van der Waals surface area contributed by atoms with Gasteiger partial charge in [-0.15, -0.1) is 0 Å². The molecule has 0 bridgehead atoms. The number of aromatic nitrogens is 2. The first-order valence-corrected chi connectivity index (χ1v) is 3.64. The van der Waals surface area contributed by atoms with Crippen LogP contribution in [-0.2, 0) is 0 Å². The van der Waals surface area contributed by atoms with Crippen molar-refractivity contribution in [1.82, 2.24) is 9.55 Å². The van der Waals surface area contributed by atoms with Crippen LogP contribution in [0.1, 0.15) is 0 Å². The second-order valence-electron chi connectivity index (χ2n) is 2.47. The van der Waals surface area contributed by atoms with Crippen molar-refractivity contribution >= 4 is 0 Å². The minimum atomic E-state index is -0.892. The summed E-state index contributed by atoms with van der Waals surface area (Å²) >= 11 is 0. The van der Waals surface area contributed by atoms with Gasteiger partial charge in [0, 0.05) is 12.4 Å². The van der Waals surface area contributed by atoms with Crippen molar-refractivity contribution in [2.45, 2.75) is 0 Å². The molecule has 0 atom stereocenters. The van der Waals surface area contributed by atoms with Crippen molar-refractivity contribution in [2.75, 3.05) is 0 Å². The molecular formula is C9H5F2N2. The maximum Gasteiger partial charge on any atom is 0.182 e. The highest BCUT2D eigenvalue weighted by atomic mass is 19.2. The zero-order valence-electron chi connectivity index (χ0n) is 6.54. The van der Waals surface area contributed by atoms with Gasteiger partial charge in [-0.2, -0.15) is 0 Å². The van der Waals surface area contributed by atoms with Gasteiger partial charge < -0.3 is 0 Å². The Kier molecular flexibility index (Phi) is 1.81. The summed E-state index contributed by atoms with van der Waals surface area (Å²) in [5.74, 6) is -1.77. The van der Waals surface area contributed by atoms with Crippen LogP contribution >= 0.6 is 0 Å². The highest BCUT2D eigenvalue weighted by Gasteiger charge is 2.08. The summed E-state index contributed by atoms with van der Waals surface area (Å²) in [6.07, 6.45) is 5.43. The number of hydrogen-bond acceptors (Lipinski definition) is 1. The number of benzene rings is 1. The molecule has 0 saturated carbocycles. The van der Waals surface area contributed by atoms with E-state index in [9.17, 15) is 8.78 Å². The molecule has 1 radical (unpaired) electrons. The minimum Gasteiger partial charge on any atom is -0.294 e. The summed E-state index contributed by atoms with van der Waals surface area (Å²) in [4.78, 5) is 3.62. The molecule has 0 aliphatic heterocycles. The molecule has 4 heteroatoms. The molecule has 0 fully saturated rings. The lowest BCUT2D eigenvalue weighted by Gasteiger charge is -2.02. The molecule has 0 spiro atoms. The van der Waals surface area contributed by atoms with Gasteiger partial charge in [-0.05, 0) is 12.1 Å². The van der Waals surface area contributed by atoms with Crippen LogP contribution in [0.15, 0.2) is 30.6 Å². The molecular weight excluding hydrogens is 174 g/mol. The maximum absolute atomic E-state index is 13.1. The van der Waals surface area contributed by atoms with E-state index in [-0.39, 0.29) is 5.69 Å². The van der Waals surface area contributed by atoms with Crippen LogP contribution in [0.5, 0.6) is 0 Å². The Hall–Kier alpha value is -1.71. The highest BCUT2D eigenvalue weighted by Crippen LogP contribution is 2.14. The third-order valence-electron chi connectivity index (χ3n) is 1.65. The van der Waals surface area contributed by atoms with Crippen LogP contribution in [-0.4, -0.2) is 9.55 Å². The van der Waals surface area contributed by atoms with Crippen molar-refractivity contribution in [3.8, 4) is 5.69 Å². The van der Waals surface area contributed by atoms with Crippen molar-refractivity contribution in [2.24, 2.45) is 0 Å². The van der Waals surface area contributed by atoms with Gasteiger partial charge in [-0.3, -0.25) is 4.57 Å². The van der Waals surface area contributed by atoms with E-state index in [0.29, 0.717) is 0 Å². The second kappa shape index (κ2) is 2.97. The molecule has 65 valence electrons. The van der Waals surface area contributed by atoms with Gasteiger partial charge in [-0.1, -0.05) is 6.07 Å². The zero-order valence-corrected chi connectivity index (χ0v) is 6.54. The SMILES string of the molecule is Fc1cccc(-n2[c]ncc2)c1F. The standard InChI is InChI=1S/C9H5F2N2/c10-7-2-1-3-8(9(7)11)13-5-4-12-6-13/h1-5H.